The van der Waals surface area contributed by atoms with Crippen molar-refractivity contribution in [2.45, 2.75) is 45.6 Å². The second-order valence-corrected chi connectivity index (χ2v) is 5.34. The molecule has 0 aromatic rings. The first-order valence-corrected chi connectivity index (χ1v) is 6.60. The largest absolute Gasteiger partial charge is 0.466 e. The van der Waals surface area contributed by atoms with E-state index in [-0.39, 0.29) is 11.9 Å². The van der Waals surface area contributed by atoms with Crippen LogP contribution in [0.5, 0.6) is 0 Å². The number of fused-ring (bicyclic) bond motifs is 2. The summed E-state index contributed by atoms with van der Waals surface area (Å²) >= 11 is 0. The van der Waals surface area contributed by atoms with Gasteiger partial charge in [0.05, 0.1) is 12.5 Å². The monoisotopic (exact) mass is 225 g/mol. The third-order valence-corrected chi connectivity index (χ3v) is 4.11. The first-order chi connectivity index (χ1) is 7.70. The van der Waals surface area contributed by atoms with Crippen molar-refractivity contribution in [1.29, 1.82) is 0 Å². The maximum Gasteiger partial charge on any atom is 0.309 e. The minimum Gasteiger partial charge on any atom is -0.466 e. The first kappa shape index (κ1) is 11.9. The van der Waals surface area contributed by atoms with E-state index in [1.807, 2.05) is 13.8 Å². The Morgan fingerprint density at radius 1 is 1.44 bits per heavy atom. The van der Waals surface area contributed by atoms with Crippen LogP contribution in [0.4, 0.5) is 0 Å². The Morgan fingerprint density at radius 3 is 2.81 bits per heavy atom. The zero-order valence-corrected chi connectivity index (χ0v) is 10.4. The number of hydrogen-bond acceptors (Lipinski definition) is 3. The van der Waals surface area contributed by atoms with E-state index in [0.717, 1.165) is 18.4 Å². The normalized spacial score (nSPS) is 34.0. The Kier molecular flexibility index (Phi) is 3.85. The zero-order chi connectivity index (χ0) is 11.5. The molecule has 0 amide bonds. The Morgan fingerprint density at radius 2 is 2.25 bits per heavy atom. The van der Waals surface area contributed by atoms with Crippen LogP contribution in [-0.4, -0.2) is 25.2 Å². The number of rotatable bonds is 5. The Labute approximate surface area is 97.9 Å². The lowest BCUT2D eigenvalue weighted by molar-refractivity contribution is -0.147. The van der Waals surface area contributed by atoms with Gasteiger partial charge in [-0.05, 0) is 38.0 Å². The molecule has 0 spiro atoms. The summed E-state index contributed by atoms with van der Waals surface area (Å²) < 4.78 is 5.00. The van der Waals surface area contributed by atoms with E-state index in [1.165, 1.54) is 25.7 Å². The van der Waals surface area contributed by atoms with Crippen LogP contribution in [0.25, 0.3) is 0 Å². The molecule has 0 aromatic carbocycles. The van der Waals surface area contributed by atoms with Gasteiger partial charge in [0.25, 0.3) is 0 Å². The highest BCUT2D eigenvalue weighted by molar-refractivity contribution is 5.72. The van der Waals surface area contributed by atoms with Gasteiger partial charge >= 0.3 is 5.97 Å². The Hall–Kier alpha value is -0.570. The molecule has 2 saturated carbocycles. The molecule has 0 heterocycles. The van der Waals surface area contributed by atoms with Gasteiger partial charge in [-0.2, -0.15) is 0 Å². The topological polar surface area (TPSA) is 38.3 Å². The van der Waals surface area contributed by atoms with E-state index in [9.17, 15) is 4.79 Å². The van der Waals surface area contributed by atoms with E-state index < -0.39 is 0 Å². The summed E-state index contributed by atoms with van der Waals surface area (Å²) in [4.78, 5) is 11.4. The van der Waals surface area contributed by atoms with E-state index in [1.54, 1.807) is 0 Å². The quantitative estimate of drug-likeness (QED) is 0.727. The second-order valence-electron chi connectivity index (χ2n) is 5.34. The number of carbonyl (C=O) groups excluding carboxylic acids is 1. The maximum absolute atomic E-state index is 11.4. The highest BCUT2D eigenvalue weighted by Gasteiger charge is 2.39. The molecule has 3 heteroatoms. The van der Waals surface area contributed by atoms with Crippen LogP contribution in [0, 0.1) is 17.8 Å². The summed E-state index contributed by atoms with van der Waals surface area (Å²) in [7, 11) is 0. The molecule has 4 atom stereocenters. The molecule has 3 nitrogen and oxygen atoms in total. The van der Waals surface area contributed by atoms with Crippen molar-refractivity contribution in [2.24, 2.45) is 17.8 Å². The molecular weight excluding hydrogens is 202 g/mol. The summed E-state index contributed by atoms with van der Waals surface area (Å²) in [5, 5.41) is 3.55. The Balaban J connectivity index is 1.69. The van der Waals surface area contributed by atoms with Crippen molar-refractivity contribution in [3.05, 3.63) is 0 Å². The van der Waals surface area contributed by atoms with Crippen LogP contribution in [0.15, 0.2) is 0 Å². The van der Waals surface area contributed by atoms with Gasteiger partial charge in [0, 0.05) is 12.6 Å². The average Bonchev–Trinajstić information content (AvgIpc) is 2.87. The Bertz CT molecular complexity index is 254. The van der Waals surface area contributed by atoms with Gasteiger partial charge < -0.3 is 10.1 Å². The van der Waals surface area contributed by atoms with Crippen molar-refractivity contribution in [3.63, 3.8) is 0 Å². The highest BCUT2D eigenvalue weighted by atomic mass is 16.5. The van der Waals surface area contributed by atoms with Gasteiger partial charge in [0.2, 0.25) is 0 Å². The SMILES string of the molecule is CCOC(=O)C(C)CNC1CC2CCC1C2. The molecule has 0 aliphatic heterocycles. The van der Waals surface area contributed by atoms with Gasteiger partial charge in [0.15, 0.2) is 0 Å². The smallest absolute Gasteiger partial charge is 0.309 e. The summed E-state index contributed by atoms with van der Waals surface area (Å²) in [5.74, 6) is 1.75. The number of carbonyl (C=O) groups is 1. The lowest BCUT2D eigenvalue weighted by atomic mass is 9.95. The van der Waals surface area contributed by atoms with Crippen LogP contribution < -0.4 is 5.32 Å². The molecule has 2 aliphatic carbocycles. The molecule has 92 valence electrons. The fourth-order valence-electron chi connectivity index (χ4n) is 3.19. The van der Waals surface area contributed by atoms with Crippen LogP contribution in [0.2, 0.25) is 0 Å². The molecule has 1 N–H and O–H groups in total. The van der Waals surface area contributed by atoms with Gasteiger partial charge in [-0.15, -0.1) is 0 Å². The van der Waals surface area contributed by atoms with Crippen LogP contribution in [0.3, 0.4) is 0 Å². The van der Waals surface area contributed by atoms with Gasteiger partial charge in [-0.25, -0.2) is 0 Å². The van der Waals surface area contributed by atoms with Crippen LogP contribution in [-0.2, 0) is 9.53 Å². The second kappa shape index (κ2) is 5.17. The molecule has 0 radical (unpaired) electrons. The van der Waals surface area contributed by atoms with E-state index in [4.69, 9.17) is 4.74 Å². The summed E-state index contributed by atoms with van der Waals surface area (Å²) in [5.41, 5.74) is 0. The number of esters is 1. The average molecular weight is 225 g/mol. The molecule has 2 fully saturated rings. The minimum atomic E-state index is -0.0712. The third-order valence-electron chi connectivity index (χ3n) is 4.11. The molecule has 0 saturated heterocycles. The molecular formula is C13H23NO2. The van der Waals surface area contributed by atoms with Crippen molar-refractivity contribution < 1.29 is 9.53 Å². The first-order valence-electron chi connectivity index (χ1n) is 6.60. The molecule has 0 aromatic heterocycles. The third kappa shape index (κ3) is 2.57. The molecule has 2 rings (SSSR count). The zero-order valence-electron chi connectivity index (χ0n) is 10.4. The van der Waals surface area contributed by atoms with Crippen molar-refractivity contribution in [1.82, 2.24) is 5.32 Å². The highest BCUT2D eigenvalue weighted by Crippen LogP contribution is 2.44. The van der Waals surface area contributed by atoms with Gasteiger partial charge in [-0.3, -0.25) is 4.79 Å². The van der Waals surface area contributed by atoms with Crippen LogP contribution in [0.1, 0.15) is 39.5 Å². The lowest BCUT2D eigenvalue weighted by Crippen LogP contribution is -2.38. The number of hydrogen-bond donors (Lipinski definition) is 1. The van der Waals surface area contributed by atoms with Gasteiger partial charge in [-0.1, -0.05) is 13.3 Å². The maximum atomic E-state index is 11.4. The molecule has 4 unspecified atom stereocenters. The number of ether oxygens (including phenoxy) is 1. The molecule has 2 bridgehead atoms. The predicted molar refractivity (Wildman–Crippen MR) is 63.0 cm³/mol. The molecule has 16 heavy (non-hydrogen) atoms. The fraction of sp³-hybridized carbons (Fsp3) is 0.923. The van der Waals surface area contributed by atoms with Gasteiger partial charge in [0.1, 0.15) is 0 Å². The molecule has 2 aliphatic rings. The van der Waals surface area contributed by atoms with E-state index in [0.29, 0.717) is 12.6 Å². The summed E-state index contributed by atoms with van der Waals surface area (Å²) in [6.45, 7) is 5.05. The minimum absolute atomic E-state index is 0.0147. The predicted octanol–water partition coefficient (Wildman–Crippen LogP) is 1.96. The summed E-state index contributed by atoms with van der Waals surface area (Å²) in [6.07, 6.45) is 5.54. The lowest BCUT2D eigenvalue weighted by Gasteiger charge is -2.24. The number of nitrogens with one attached hydrogen (secondary N) is 1. The van der Waals surface area contributed by atoms with E-state index in [2.05, 4.69) is 5.32 Å². The van der Waals surface area contributed by atoms with E-state index >= 15 is 0 Å². The summed E-state index contributed by atoms with van der Waals surface area (Å²) in [6, 6.07) is 0.663. The van der Waals surface area contributed by atoms with Crippen molar-refractivity contribution >= 4 is 5.97 Å². The standard InChI is InChI=1S/C13H23NO2/c1-3-16-13(15)9(2)8-14-12-7-10-4-5-11(12)6-10/h9-12,14H,3-8H2,1-2H3. The van der Waals surface area contributed by atoms with Crippen molar-refractivity contribution in [3.8, 4) is 0 Å². The van der Waals surface area contributed by atoms with Crippen molar-refractivity contribution in [2.75, 3.05) is 13.2 Å². The fourth-order valence-corrected chi connectivity index (χ4v) is 3.19. The van der Waals surface area contributed by atoms with Crippen LogP contribution >= 0.6 is 0 Å².